The minimum atomic E-state index is -0.400. The first-order chi connectivity index (χ1) is 16.6. The molecular formula is C23H22N6O4S. The van der Waals surface area contributed by atoms with E-state index in [4.69, 9.17) is 9.26 Å². The second-order valence-corrected chi connectivity index (χ2v) is 7.92. The van der Waals surface area contributed by atoms with Crippen molar-refractivity contribution in [3.8, 4) is 23.1 Å². The van der Waals surface area contributed by atoms with Crippen LogP contribution < -0.4 is 5.32 Å². The minimum Gasteiger partial charge on any atom is -0.462 e. The van der Waals surface area contributed by atoms with Crippen LogP contribution in [-0.4, -0.2) is 49.1 Å². The van der Waals surface area contributed by atoms with E-state index in [2.05, 4.69) is 25.7 Å². The van der Waals surface area contributed by atoms with E-state index in [9.17, 15) is 9.59 Å². The lowest BCUT2D eigenvalue weighted by Crippen LogP contribution is -2.15. The van der Waals surface area contributed by atoms with Crippen LogP contribution in [0.4, 0.5) is 5.69 Å². The summed E-state index contributed by atoms with van der Waals surface area (Å²) in [6.45, 7) is 4.55. The van der Waals surface area contributed by atoms with Gasteiger partial charge in [-0.25, -0.2) is 4.79 Å². The number of thioether (sulfide) groups is 1. The van der Waals surface area contributed by atoms with E-state index >= 15 is 0 Å². The summed E-state index contributed by atoms with van der Waals surface area (Å²) in [6.07, 6.45) is 0. The number of esters is 1. The van der Waals surface area contributed by atoms with Crippen LogP contribution in [0.25, 0.3) is 23.1 Å². The van der Waals surface area contributed by atoms with Crippen molar-refractivity contribution < 1.29 is 18.8 Å². The Kier molecular flexibility index (Phi) is 7.33. The number of nitrogens with one attached hydrogen (secondary N) is 1. The Hall–Kier alpha value is -3.99. The summed E-state index contributed by atoms with van der Waals surface area (Å²) in [5.41, 5.74) is 1.84. The minimum absolute atomic E-state index is 0.122. The Morgan fingerprint density at radius 3 is 2.53 bits per heavy atom. The molecule has 4 rings (SSSR count). The maximum Gasteiger partial charge on any atom is 0.338 e. The van der Waals surface area contributed by atoms with Gasteiger partial charge >= 0.3 is 5.97 Å². The van der Waals surface area contributed by atoms with Crippen LogP contribution in [0.1, 0.15) is 24.2 Å². The molecule has 0 bridgehead atoms. The Bertz CT molecular complexity index is 1270. The Balaban J connectivity index is 1.39. The molecule has 4 aromatic rings. The van der Waals surface area contributed by atoms with Gasteiger partial charge in [0.1, 0.15) is 0 Å². The molecule has 10 nitrogen and oxygen atoms in total. The first kappa shape index (κ1) is 23.2. The Labute approximate surface area is 199 Å². The predicted molar refractivity (Wildman–Crippen MR) is 126 cm³/mol. The van der Waals surface area contributed by atoms with Crippen molar-refractivity contribution in [3.63, 3.8) is 0 Å². The van der Waals surface area contributed by atoms with Crippen LogP contribution >= 0.6 is 11.8 Å². The number of carbonyl (C=O) groups is 2. The number of hydrogen-bond acceptors (Lipinski definition) is 9. The van der Waals surface area contributed by atoms with Crippen molar-refractivity contribution in [1.29, 1.82) is 0 Å². The molecule has 0 aliphatic heterocycles. The zero-order valence-corrected chi connectivity index (χ0v) is 19.4. The highest BCUT2D eigenvalue weighted by Crippen LogP contribution is 2.25. The zero-order valence-electron chi connectivity index (χ0n) is 18.6. The van der Waals surface area contributed by atoms with Crippen molar-refractivity contribution in [3.05, 3.63) is 60.2 Å². The van der Waals surface area contributed by atoms with E-state index in [0.29, 0.717) is 41.2 Å². The highest BCUT2D eigenvalue weighted by molar-refractivity contribution is 7.99. The summed E-state index contributed by atoms with van der Waals surface area (Å²) in [4.78, 5) is 28.6. The van der Waals surface area contributed by atoms with E-state index < -0.39 is 5.97 Å². The van der Waals surface area contributed by atoms with Crippen molar-refractivity contribution in [2.75, 3.05) is 17.7 Å². The quantitative estimate of drug-likeness (QED) is 0.281. The maximum absolute atomic E-state index is 12.4. The molecule has 34 heavy (non-hydrogen) atoms. The third-order valence-corrected chi connectivity index (χ3v) is 5.66. The SMILES string of the molecule is CCOC(=O)c1ccc(NC(=O)CSc2nnc(-c3nc(-c4ccccc4)no3)n2CC)cc1. The number of carbonyl (C=O) groups excluding carboxylic acids is 2. The third-order valence-electron chi connectivity index (χ3n) is 4.69. The van der Waals surface area contributed by atoms with Crippen molar-refractivity contribution in [1.82, 2.24) is 24.9 Å². The highest BCUT2D eigenvalue weighted by Gasteiger charge is 2.20. The second kappa shape index (κ2) is 10.8. The number of benzene rings is 2. The maximum atomic E-state index is 12.4. The predicted octanol–water partition coefficient (Wildman–Crippen LogP) is 3.92. The van der Waals surface area contributed by atoms with Gasteiger partial charge in [0.15, 0.2) is 5.16 Å². The molecule has 0 unspecified atom stereocenters. The fourth-order valence-electron chi connectivity index (χ4n) is 3.09. The molecule has 2 aromatic carbocycles. The lowest BCUT2D eigenvalue weighted by Gasteiger charge is -2.07. The van der Waals surface area contributed by atoms with Gasteiger partial charge in [-0.3, -0.25) is 9.36 Å². The average molecular weight is 479 g/mol. The molecule has 0 radical (unpaired) electrons. The van der Waals surface area contributed by atoms with Crippen molar-refractivity contribution in [2.24, 2.45) is 0 Å². The molecule has 0 atom stereocenters. The van der Waals surface area contributed by atoms with Crippen molar-refractivity contribution >= 4 is 29.3 Å². The lowest BCUT2D eigenvalue weighted by molar-refractivity contribution is -0.113. The van der Waals surface area contributed by atoms with Crippen LogP contribution in [0.15, 0.2) is 64.3 Å². The smallest absolute Gasteiger partial charge is 0.338 e. The number of amides is 1. The molecule has 0 saturated heterocycles. The van der Waals surface area contributed by atoms with Crippen LogP contribution in [0.2, 0.25) is 0 Å². The number of ether oxygens (including phenoxy) is 1. The lowest BCUT2D eigenvalue weighted by atomic mass is 10.2. The van der Waals surface area contributed by atoms with E-state index in [-0.39, 0.29) is 17.6 Å². The number of aromatic nitrogens is 5. The number of hydrogen-bond donors (Lipinski definition) is 1. The molecule has 2 aromatic heterocycles. The van der Waals surface area contributed by atoms with E-state index in [1.165, 1.54) is 11.8 Å². The molecule has 11 heteroatoms. The summed E-state index contributed by atoms with van der Waals surface area (Å²) in [7, 11) is 0. The highest BCUT2D eigenvalue weighted by atomic mass is 32.2. The van der Waals surface area contributed by atoms with Gasteiger partial charge in [-0.2, -0.15) is 4.98 Å². The molecule has 0 spiro atoms. The summed E-state index contributed by atoms with van der Waals surface area (Å²) in [6, 6.07) is 16.0. The average Bonchev–Trinajstić information content (AvgIpc) is 3.51. The van der Waals surface area contributed by atoms with Gasteiger partial charge in [0.2, 0.25) is 17.6 Å². The fourth-order valence-corrected chi connectivity index (χ4v) is 3.89. The van der Waals surface area contributed by atoms with Gasteiger partial charge < -0.3 is 14.6 Å². The molecule has 1 amide bonds. The van der Waals surface area contributed by atoms with Gasteiger partial charge in [0.05, 0.1) is 17.9 Å². The third kappa shape index (κ3) is 5.31. The Morgan fingerprint density at radius 1 is 1.06 bits per heavy atom. The fraction of sp³-hybridized carbons (Fsp3) is 0.217. The van der Waals surface area contributed by atoms with Crippen molar-refractivity contribution in [2.45, 2.75) is 25.5 Å². The molecule has 0 saturated carbocycles. The number of anilines is 1. The van der Waals surface area contributed by atoms with Gasteiger partial charge in [-0.05, 0) is 38.1 Å². The normalized spacial score (nSPS) is 10.8. The molecule has 174 valence electrons. The summed E-state index contributed by atoms with van der Waals surface area (Å²) in [5, 5.41) is 15.8. The van der Waals surface area contributed by atoms with Crippen LogP contribution in [-0.2, 0) is 16.1 Å². The molecular weight excluding hydrogens is 456 g/mol. The second-order valence-electron chi connectivity index (χ2n) is 6.97. The van der Waals surface area contributed by atoms with E-state index in [0.717, 1.165) is 5.56 Å². The first-order valence-electron chi connectivity index (χ1n) is 10.6. The van der Waals surface area contributed by atoms with E-state index in [1.54, 1.807) is 31.2 Å². The van der Waals surface area contributed by atoms with Gasteiger partial charge in [-0.15, -0.1) is 10.2 Å². The molecule has 0 fully saturated rings. The molecule has 1 N–H and O–H groups in total. The Morgan fingerprint density at radius 2 is 1.82 bits per heavy atom. The van der Waals surface area contributed by atoms with Gasteiger partial charge in [-0.1, -0.05) is 47.3 Å². The molecule has 2 heterocycles. The molecule has 0 aliphatic rings. The first-order valence-corrected chi connectivity index (χ1v) is 11.6. The zero-order chi connectivity index (χ0) is 23.9. The van der Waals surface area contributed by atoms with Gasteiger partial charge in [0, 0.05) is 17.8 Å². The topological polar surface area (TPSA) is 125 Å². The monoisotopic (exact) mass is 478 g/mol. The number of nitrogens with zero attached hydrogens (tertiary/aromatic N) is 5. The van der Waals surface area contributed by atoms with Crippen LogP contribution in [0, 0.1) is 0 Å². The summed E-state index contributed by atoms with van der Waals surface area (Å²) in [5.74, 6) is 0.661. The summed E-state index contributed by atoms with van der Waals surface area (Å²) < 4.78 is 12.2. The number of rotatable bonds is 9. The van der Waals surface area contributed by atoms with Crippen LogP contribution in [0.5, 0.6) is 0 Å². The largest absolute Gasteiger partial charge is 0.462 e. The molecule has 0 aliphatic carbocycles. The summed E-state index contributed by atoms with van der Waals surface area (Å²) >= 11 is 1.25. The standard InChI is InChI=1S/C23H22N6O4S/c1-3-29-20(21-25-19(28-33-21)15-8-6-5-7-9-15)26-27-23(29)34-14-18(30)24-17-12-10-16(11-13-17)22(31)32-4-2/h5-13H,3-4,14H2,1-2H3,(H,24,30). The van der Waals surface area contributed by atoms with E-state index in [1.807, 2.05) is 41.8 Å². The van der Waals surface area contributed by atoms with Gasteiger partial charge in [0.25, 0.3) is 5.89 Å². The van der Waals surface area contributed by atoms with Crippen LogP contribution in [0.3, 0.4) is 0 Å².